The van der Waals surface area contributed by atoms with Gasteiger partial charge in [-0.05, 0) is 30.7 Å². The van der Waals surface area contributed by atoms with Crippen LogP contribution in [0.3, 0.4) is 0 Å². The first-order chi connectivity index (χ1) is 10.7. The number of aryl methyl sites for hydroxylation is 1. The van der Waals surface area contributed by atoms with Crippen molar-refractivity contribution < 1.29 is 4.79 Å². The maximum absolute atomic E-state index is 12.1. The molecule has 3 aromatic rings. The van der Waals surface area contributed by atoms with Crippen molar-refractivity contribution in [3.8, 4) is 0 Å². The number of carbonyl (C=O) groups excluding carboxylic acids is 1. The highest BCUT2D eigenvalue weighted by molar-refractivity contribution is 6.03. The van der Waals surface area contributed by atoms with Gasteiger partial charge < -0.3 is 5.32 Å². The van der Waals surface area contributed by atoms with Gasteiger partial charge in [-0.15, -0.1) is 0 Å². The maximum atomic E-state index is 12.1. The second kappa shape index (κ2) is 6.22. The van der Waals surface area contributed by atoms with Crippen LogP contribution in [0.1, 0.15) is 11.1 Å². The van der Waals surface area contributed by atoms with Crippen LogP contribution >= 0.6 is 0 Å². The van der Waals surface area contributed by atoms with Gasteiger partial charge in [0, 0.05) is 28.9 Å². The van der Waals surface area contributed by atoms with Crippen molar-refractivity contribution >= 4 is 28.6 Å². The normalized spacial score (nSPS) is 11.0. The minimum absolute atomic E-state index is 0.151. The van der Waals surface area contributed by atoms with Crippen molar-refractivity contribution in [3.63, 3.8) is 0 Å². The molecule has 1 heterocycles. The van der Waals surface area contributed by atoms with Crippen molar-refractivity contribution in [1.29, 1.82) is 0 Å². The molecule has 0 bridgehead atoms. The van der Waals surface area contributed by atoms with Crippen LogP contribution in [0.15, 0.2) is 66.9 Å². The van der Waals surface area contributed by atoms with E-state index < -0.39 is 0 Å². The van der Waals surface area contributed by atoms with Gasteiger partial charge >= 0.3 is 0 Å². The second-order valence-electron chi connectivity index (χ2n) is 5.06. The molecule has 0 atom stereocenters. The quantitative estimate of drug-likeness (QED) is 0.734. The van der Waals surface area contributed by atoms with Crippen LogP contribution < -0.4 is 5.32 Å². The smallest absolute Gasteiger partial charge is 0.248 e. The summed E-state index contributed by atoms with van der Waals surface area (Å²) in [6.07, 6.45) is 5.09. The van der Waals surface area contributed by atoms with Gasteiger partial charge in [-0.1, -0.05) is 42.5 Å². The highest BCUT2D eigenvalue weighted by Crippen LogP contribution is 2.17. The molecular formula is C19H16N2O. The molecule has 3 rings (SSSR count). The molecule has 1 amide bonds. The number of nitrogens with one attached hydrogen (secondary N) is 1. The Balaban J connectivity index is 1.81. The average molecular weight is 288 g/mol. The van der Waals surface area contributed by atoms with Crippen LogP contribution in [-0.4, -0.2) is 10.9 Å². The minimum atomic E-state index is -0.151. The summed E-state index contributed by atoms with van der Waals surface area (Å²) in [5, 5.41) is 3.94. The van der Waals surface area contributed by atoms with E-state index in [1.807, 2.05) is 61.5 Å². The van der Waals surface area contributed by atoms with E-state index in [1.54, 1.807) is 12.3 Å². The van der Waals surface area contributed by atoms with Crippen LogP contribution in [0.5, 0.6) is 0 Å². The molecule has 3 nitrogen and oxygen atoms in total. The Kier molecular flexibility index (Phi) is 3.97. The molecule has 0 unspecified atom stereocenters. The summed E-state index contributed by atoms with van der Waals surface area (Å²) in [6, 6.07) is 17.5. The van der Waals surface area contributed by atoms with Gasteiger partial charge in [0.2, 0.25) is 5.91 Å². The fourth-order valence-electron chi connectivity index (χ4n) is 2.32. The summed E-state index contributed by atoms with van der Waals surface area (Å²) in [5.41, 5.74) is 3.69. The summed E-state index contributed by atoms with van der Waals surface area (Å²) >= 11 is 0. The Bertz CT molecular complexity index is 847. The van der Waals surface area contributed by atoms with Gasteiger partial charge in [0.1, 0.15) is 0 Å². The van der Waals surface area contributed by atoms with Crippen LogP contribution in [0, 0.1) is 6.92 Å². The summed E-state index contributed by atoms with van der Waals surface area (Å²) < 4.78 is 0. The van der Waals surface area contributed by atoms with E-state index in [4.69, 9.17) is 0 Å². The molecule has 1 N–H and O–H groups in total. The first-order valence-corrected chi connectivity index (χ1v) is 7.12. The minimum Gasteiger partial charge on any atom is -0.322 e. The molecule has 3 heteroatoms. The topological polar surface area (TPSA) is 42.0 Å². The molecule has 0 radical (unpaired) electrons. The van der Waals surface area contributed by atoms with E-state index in [-0.39, 0.29) is 5.91 Å². The number of hydrogen-bond acceptors (Lipinski definition) is 2. The van der Waals surface area contributed by atoms with Crippen molar-refractivity contribution in [3.05, 3.63) is 78.0 Å². The Morgan fingerprint density at radius 3 is 2.73 bits per heavy atom. The predicted octanol–water partition coefficient (Wildman–Crippen LogP) is 4.20. The predicted molar refractivity (Wildman–Crippen MR) is 90.6 cm³/mol. The molecule has 1 aromatic heterocycles. The van der Waals surface area contributed by atoms with Gasteiger partial charge in [0.05, 0.1) is 5.52 Å². The fraction of sp³-hybridized carbons (Fsp3) is 0.0526. The largest absolute Gasteiger partial charge is 0.322 e. The Morgan fingerprint density at radius 1 is 1.05 bits per heavy atom. The lowest BCUT2D eigenvalue weighted by Gasteiger charge is -2.05. The number of para-hydroxylation sites is 2. The summed E-state index contributed by atoms with van der Waals surface area (Å²) in [5.74, 6) is -0.151. The number of benzene rings is 2. The third-order valence-corrected chi connectivity index (χ3v) is 3.48. The van der Waals surface area contributed by atoms with Crippen molar-refractivity contribution in [2.75, 3.05) is 5.32 Å². The second-order valence-corrected chi connectivity index (χ2v) is 5.06. The summed E-state index contributed by atoms with van der Waals surface area (Å²) in [6.45, 7) is 1.97. The molecule has 0 spiro atoms. The summed E-state index contributed by atoms with van der Waals surface area (Å²) in [4.78, 5) is 16.4. The van der Waals surface area contributed by atoms with Crippen LogP contribution in [-0.2, 0) is 4.79 Å². The van der Waals surface area contributed by atoms with Crippen molar-refractivity contribution in [2.24, 2.45) is 0 Å². The zero-order chi connectivity index (χ0) is 15.4. The van der Waals surface area contributed by atoms with Gasteiger partial charge in [-0.2, -0.15) is 0 Å². The number of fused-ring (bicyclic) bond motifs is 1. The Morgan fingerprint density at radius 2 is 1.86 bits per heavy atom. The van der Waals surface area contributed by atoms with Crippen LogP contribution in [0.4, 0.5) is 5.69 Å². The van der Waals surface area contributed by atoms with Crippen LogP contribution in [0.25, 0.3) is 17.0 Å². The Hall–Kier alpha value is -2.94. The number of nitrogens with zero attached hydrogens (tertiary/aromatic N) is 1. The number of hydrogen-bond donors (Lipinski definition) is 1. The molecule has 2 aromatic carbocycles. The number of carbonyl (C=O) groups is 1. The SMILES string of the molecule is Cc1ccccc1NC(=O)/C=C/c1cccc2cccnc12. The number of aromatic nitrogens is 1. The highest BCUT2D eigenvalue weighted by atomic mass is 16.1. The molecule has 22 heavy (non-hydrogen) atoms. The first-order valence-electron chi connectivity index (χ1n) is 7.12. The van der Waals surface area contributed by atoms with E-state index in [9.17, 15) is 4.79 Å². The molecule has 0 aliphatic rings. The Labute approximate surface area is 129 Å². The van der Waals surface area contributed by atoms with Gasteiger partial charge in [-0.3, -0.25) is 9.78 Å². The monoisotopic (exact) mass is 288 g/mol. The van der Waals surface area contributed by atoms with E-state index >= 15 is 0 Å². The molecular weight excluding hydrogens is 272 g/mol. The molecule has 108 valence electrons. The van der Waals surface area contributed by atoms with Gasteiger partial charge in [-0.25, -0.2) is 0 Å². The zero-order valence-electron chi connectivity index (χ0n) is 12.3. The van der Waals surface area contributed by atoms with Gasteiger partial charge in [0.15, 0.2) is 0 Å². The van der Waals surface area contributed by atoms with Crippen LogP contribution in [0.2, 0.25) is 0 Å². The molecule has 0 aliphatic heterocycles. The van der Waals surface area contributed by atoms with E-state index in [0.717, 1.165) is 27.7 Å². The number of anilines is 1. The number of pyridine rings is 1. The lowest BCUT2D eigenvalue weighted by atomic mass is 10.1. The molecule has 0 fully saturated rings. The lowest BCUT2D eigenvalue weighted by molar-refractivity contribution is -0.111. The highest BCUT2D eigenvalue weighted by Gasteiger charge is 2.02. The maximum Gasteiger partial charge on any atom is 0.248 e. The molecule has 0 saturated heterocycles. The number of amides is 1. The average Bonchev–Trinajstić information content (AvgIpc) is 2.55. The van der Waals surface area contributed by atoms with Crippen molar-refractivity contribution in [2.45, 2.75) is 6.92 Å². The van der Waals surface area contributed by atoms with E-state index in [1.165, 1.54) is 6.08 Å². The van der Waals surface area contributed by atoms with E-state index in [0.29, 0.717) is 0 Å². The molecule has 0 aliphatic carbocycles. The van der Waals surface area contributed by atoms with Gasteiger partial charge in [0.25, 0.3) is 0 Å². The first kappa shape index (κ1) is 14.0. The fourth-order valence-corrected chi connectivity index (χ4v) is 2.32. The van der Waals surface area contributed by atoms with Crippen molar-refractivity contribution in [1.82, 2.24) is 4.98 Å². The number of rotatable bonds is 3. The van der Waals surface area contributed by atoms with E-state index in [2.05, 4.69) is 10.3 Å². The standard InChI is InChI=1S/C19H16N2O/c1-14-6-2-3-10-17(14)21-18(22)12-11-16-8-4-7-15-9-5-13-20-19(15)16/h2-13H,1H3,(H,21,22)/b12-11+. The third-order valence-electron chi connectivity index (χ3n) is 3.48. The molecule has 0 saturated carbocycles. The third kappa shape index (κ3) is 3.04. The zero-order valence-corrected chi connectivity index (χ0v) is 12.3. The summed E-state index contributed by atoms with van der Waals surface area (Å²) in [7, 11) is 0. The lowest BCUT2D eigenvalue weighted by Crippen LogP contribution is -2.08.